The van der Waals surface area contributed by atoms with E-state index in [-0.39, 0.29) is 5.92 Å². The van der Waals surface area contributed by atoms with E-state index in [2.05, 4.69) is 34.0 Å². The lowest BCUT2D eigenvalue weighted by molar-refractivity contribution is -0.147. The van der Waals surface area contributed by atoms with Crippen molar-refractivity contribution >= 4 is 5.97 Å². The number of carboxylic acids is 1. The Morgan fingerprint density at radius 2 is 1.93 bits per heavy atom. The van der Waals surface area contributed by atoms with Crippen LogP contribution in [0.4, 0.5) is 0 Å². The lowest BCUT2D eigenvalue weighted by Crippen LogP contribution is -2.49. The van der Waals surface area contributed by atoms with Gasteiger partial charge in [0.2, 0.25) is 5.82 Å². The summed E-state index contributed by atoms with van der Waals surface area (Å²) in [4.78, 5) is 17.5. The first-order chi connectivity index (χ1) is 13.9. The summed E-state index contributed by atoms with van der Waals surface area (Å²) in [5.74, 6) is 1.19. The standard InChI is InChI=1S/C21H24N4O4/c1-12(2)8-17-13(3)18(23-28-17)20-22-19(24-29-20)15-6-4-14(5-7-15)9-25-10-16(11-25)21(26)27/h4-7,12,16H,8-11H2,1-3H3,(H,26,27). The van der Waals surface area contributed by atoms with Crippen LogP contribution < -0.4 is 0 Å². The molecule has 0 spiro atoms. The molecule has 29 heavy (non-hydrogen) atoms. The van der Waals surface area contributed by atoms with E-state index in [4.69, 9.17) is 14.2 Å². The number of carboxylic acid groups (broad SMARTS) is 1. The number of aliphatic carboxylic acids is 1. The highest BCUT2D eigenvalue weighted by Gasteiger charge is 2.32. The molecule has 1 aromatic carbocycles. The highest BCUT2D eigenvalue weighted by molar-refractivity contribution is 5.71. The third-order valence-corrected chi connectivity index (χ3v) is 5.17. The van der Waals surface area contributed by atoms with E-state index in [1.807, 2.05) is 31.2 Å². The summed E-state index contributed by atoms with van der Waals surface area (Å²) in [6.07, 6.45) is 0.811. The molecule has 0 aliphatic carbocycles. The topological polar surface area (TPSA) is 105 Å². The molecule has 2 aromatic heterocycles. The minimum atomic E-state index is -0.719. The van der Waals surface area contributed by atoms with E-state index in [1.54, 1.807) is 0 Å². The zero-order valence-electron chi connectivity index (χ0n) is 16.8. The number of nitrogens with zero attached hydrogens (tertiary/aromatic N) is 4. The molecule has 1 fully saturated rings. The Kier molecular flexibility index (Phi) is 5.19. The molecule has 0 atom stereocenters. The van der Waals surface area contributed by atoms with Crippen LogP contribution in [0.1, 0.15) is 30.7 Å². The molecule has 0 amide bonds. The summed E-state index contributed by atoms with van der Waals surface area (Å²) in [5.41, 5.74) is 3.48. The van der Waals surface area contributed by atoms with Gasteiger partial charge in [-0.1, -0.05) is 48.4 Å². The molecule has 0 saturated carbocycles. The summed E-state index contributed by atoms with van der Waals surface area (Å²) in [6.45, 7) is 8.14. The molecule has 4 rings (SSSR count). The smallest absolute Gasteiger partial charge is 0.309 e. The van der Waals surface area contributed by atoms with Crippen LogP contribution in [0.3, 0.4) is 0 Å². The van der Waals surface area contributed by atoms with Crippen LogP contribution in [0.25, 0.3) is 23.0 Å². The number of likely N-dealkylation sites (tertiary alicyclic amines) is 1. The summed E-state index contributed by atoms with van der Waals surface area (Å²) in [5, 5.41) is 17.1. The third-order valence-electron chi connectivity index (χ3n) is 5.17. The number of aromatic nitrogens is 3. The van der Waals surface area contributed by atoms with Gasteiger partial charge in [-0.25, -0.2) is 0 Å². The Morgan fingerprint density at radius 1 is 1.21 bits per heavy atom. The number of hydrogen-bond donors (Lipinski definition) is 1. The predicted molar refractivity (Wildman–Crippen MR) is 105 cm³/mol. The van der Waals surface area contributed by atoms with Crippen molar-refractivity contribution in [2.75, 3.05) is 13.1 Å². The van der Waals surface area contributed by atoms with Crippen molar-refractivity contribution in [3.05, 3.63) is 41.2 Å². The lowest BCUT2D eigenvalue weighted by Gasteiger charge is -2.36. The number of carbonyl (C=O) groups is 1. The largest absolute Gasteiger partial charge is 0.481 e. The van der Waals surface area contributed by atoms with Crippen molar-refractivity contribution < 1.29 is 18.9 Å². The SMILES string of the molecule is Cc1c(-c2nc(-c3ccc(CN4CC(C(=O)O)C4)cc3)no2)noc1CC(C)C. The number of hydrogen-bond acceptors (Lipinski definition) is 7. The fourth-order valence-electron chi connectivity index (χ4n) is 3.44. The van der Waals surface area contributed by atoms with Gasteiger partial charge in [-0.2, -0.15) is 4.98 Å². The van der Waals surface area contributed by atoms with Crippen LogP contribution in [-0.4, -0.2) is 44.4 Å². The van der Waals surface area contributed by atoms with Gasteiger partial charge in [0.15, 0.2) is 5.69 Å². The molecule has 1 saturated heterocycles. The Morgan fingerprint density at radius 3 is 2.59 bits per heavy atom. The second-order valence-electron chi connectivity index (χ2n) is 8.03. The van der Waals surface area contributed by atoms with Crippen molar-refractivity contribution in [1.82, 2.24) is 20.2 Å². The van der Waals surface area contributed by atoms with Crippen molar-refractivity contribution in [3.63, 3.8) is 0 Å². The van der Waals surface area contributed by atoms with Crippen molar-refractivity contribution in [2.24, 2.45) is 11.8 Å². The molecule has 1 N–H and O–H groups in total. The molecule has 8 nitrogen and oxygen atoms in total. The van der Waals surface area contributed by atoms with Crippen molar-refractivity contribution in [1.29, 1.82) is 0 Å². The Labute approximate surface area is 168 Å². The first-order valence-electron chi connectivity index (χ1n) is 9.74. The van der Waals surface area contributed by atoms with Crippen LogP contribution >= 0.6 is 0 Å². The van der Waals surface area contributed by atoms with E-state index >= 15 is 0 Å². The molecule has 1 aliphatic rings. The van der Waals surface area contributed by atoms with Crippen LogP contribution in [0.2, 0.25) is 0 Å². The van der Waals surface area contributed by atoms with E-state index in [9.17, 15) is 4.79 Å². The van der Waals surface area contributed by atoms with Gasteiger partial charge >= 0.3 is 5.97 Å². The van der Waals surface area contributed by atoms with Gasteiger partial charge in [-0.15, -0.1) is 0 Å². The van der Waals surface area contributed by atoms with Crippen LogP contribution in [0.15, 0.2) is 33.3 Å². The average molecular weight is 396 g/mol. The maximum atomic E-state index is 10.9. The van der Waals surface area contributed by atoms with E-state index in [1.165, 1.54) is 0 Å². The molecule has 3 heterocycles. The normalized spacial score (nSPS) is 15.0. The second-order valence-corrected chi connectivity index (χ2v) is 8.03. The molecule has 0 radical (unpaired) electrons. The zero-order valence-corrected chi connectivity index (χ0v) is 16.8. The summed E-state index contributed by atoms with van der Waals surface area (Å²) < 4.78 is 10.9. The van der Waals surface area contributed by atoms with Crippen LogP contribution in [-0.2, 0) is 17.8 Å². The average Bonchev–Trinajstić information content (AvgIpc) is 3.25. The molecular weight excluding hydrogens is 372 g/mol. The first kappa shape index (κ1) is 19.3. The van der Waals surface area contributed by atoms with Gasteiger partial charge < -0.3 is 14.2 Å². The monoisotopic (exact) mass is 396 g/mol. The van der Waals surface area contributed by atoms with Gasteiger partial charge in [0, 0.05) is 37.2 Å². The molecule has 8 heteroatoms. The maximum Gasteiger partial charge on any atom is 0.309 e. The van der Waals surface area contributed by atoms with Crippen molar-refractivity contribution in [3.8, 4) is 23.0 Å². The van der Waals surface area contributed by atoms with Crippen LogP contribution in [0, 0.1) is 18.8 Å². The lowest BCUT2D eigenvalue weighted by atomic mass is 9.99. The molecule has 152 valence electrons. The van der Waals surface area contributed by atoms with E-state index < -0.39 is 5.97 Å². The highest BCUT2D eigenvalue weighted by atomic mass is 16.5. The quantitative estimate of drug-likeness (QED) is 0.648. The molecule has 3 aromatic rings. The van der Waals surface area contributed by atoms with Gasteiger partial charge in [-0.05, 0) is 18.4 Å². The summed E-state index contributed by atoms with van der Waals surface area (Å²) in [7, 11) is 0. The summed E-state index contributed by atoms with van der Waals surface area (Å²) in [6, 6.07) is 7.89. The second kappa shape index (κ2) is 7.79. The van der Waals surface area contributed by atoms with E-state index in [0.29, 0.717) is 36.4 Å². The Hall–Kier alpha value is -3.00. The Balaban J connectivity index is 1.43. The number of rotatable bonds is 7. The predicted octanol–water partition coefficient (Wildman–Crippen LogP) is 3.41. The van der Waals surface area contributed by atoms with Crippen LogP contribution in [0.5, 0.6) is 0 Å². The summed E-state index contributed by atoms with van der Waals surface area (Å²) >= 11 is 0. The van der Waals surface area contributed by atoms with E-state index in [0.717, 1.165) is 35.4 Å². The molecular formula is C21H24N4O4. The minimum Gasteiger partial charge on any atom is -0.481 e. The fraction of sp³-hybridized carbons (Fsp3) is 0.429. The van der Waals surface area contributed by atoms with Gasteiger partial charge in [0.1, 0.15) is 5.76 Å². The molecule has 0 bridgehead atoms. The van der Waals surface area contributed by atoms with Gasteiger partial charge in [-0.3, -0.25) is 9.69 Å². The highest BCUT2D eigenvalue weighted by Crippen LogP contribution is 2.27. The van der Waals surface area contributed by atoms with Crippen molar-refractivity contribution in [2.45, 2.75) is 33.7 Å². The molecule has 1 aliphatic heterocycles. The van der Waals surface area contributed by atoms with Gasteiger partial charge in [0.05, 0.1) is 5.92 Å². The fourth-order valence-corrected chi connectivity index (χ4v) is 3.44. The minimum absolute atomic E-state index is 0.243. The Bertz CT molecular complexity index is 1000. The maximum absolute atomic E-state index is 10.9. The first-order valence-corrected chi connectivity index (χ1v) is 9.74. The number of benzene rings is 1. The zero-order chi connectivity index (χ0) is 20.5. The molecule has 0 unspecified atom stereocenters. The van der Waals surface area contributed by atoms with Gasteiger partial charge in [0.25, 0.3) is 5.89 Å². The third kappa shape index (κ3) is 4.07.